The maximum absolute atomic E-state index is 12.5. The van der Waals surface area contributed by atoms with Gasteiger partial charge in [-0.1, -0.05) is 0 Å². The van der Waals surface area contributed by atoms with Crippen LogP contribution in [0.1, 0.15) is 15.9 Å². The highest BCUT2D eigenvalue weighted by atomic mass is 16.5. The van der Waals surface area contributed by atoms with Gasteiger partial charge in [-0.25, -0.2) is 4.90 Å². The van der Waals surface area contributed by atoms with E-state index in [-0.39, 0.29) is 23.3 Å². The molecule has 0 atom stereocenters. The zero-order chi connectivity index (χ0) is 20.4. The third kappa shape index (κ3) is 3.77. The molecule has 0 aromatic heterocycles. The molecule has 6 nitrogen and oxygen atoms in total. The molecule has 0 unspecified atom stereocenters. The number of rotatable bonds is 5. The number of amides is 2. The number of carbonyl (C=O) groups excluding carboxylic acids is 3. The number of carbonyl (C=O) groups is 3. The lowest BCUT2D eigenvalue weighted by Gasteiger charge is -2.14. The van der Waals surface area contributed by atoms with Crippen LogP contribution in [0.3, 0.4) is 0 Å². The lowest BCUT2D eigenvalue weighted by Crippen LogP contribution is -2.29. The molecule has 4 rings (SSSR count). The number of imide groups is 1. The van der Waals surface area contributed by atoms with Crippen molar-refractivity contribution in [3.63, 3.8) is 0 Å². The number of benzene rings is 3. The van der Waals surface area contributed by atoms with Crippen molar-refractivity contribution < 1.29 is 24.2 Å². The molecule has 0 aliphatic carbocycles. The Morgan fingerprint density at radius 2 is 1.14 bits per heavy atom. The number of aromatic hydroxyl groups is 1. The highest BCUT2D eigenvalue weighted by Gasteiger charge is 2.24. The minimum atomic E-state index is -0.377. The van der Waals surface area contributed by atoms with Crippen LogP contribution in [0, 0.1) is 0 Å². The van der Waals surface area contributed by atoms with Crippen LogP contribution < -0.4 is 9.64 Å². The van der Waals surface area contributed by atoms with E-state index in [1.807, 2.05) is 0 Å². The fraction of sp³-hybridized carbons (Fsp3) is 0. The summed E-state index contributed by atoms with van der Waals surface area (Å²) in [5.74, 6) is 0.254. The second-order valence-electron chi connectivity index (χ2n) is 6.34. The Hall–Kier alpha value is -4.19. The first kappa shape index (κ1) is 18.2. The van der Waals surface area contributed by atoms with Crippen LogP contribution in [0.2, 0.25) is 0 Å². The molecular weight excluding hydrogens is 370 g/mol. The van der Waals surface area contributed by atoms with Crippen molar-refractivity contribution in [3.05, 3.63) is 96.1 Å². The number of nitrogens with zero attached hydrogens (tertiary/aromatic N) is 1. The number of hydrogen-bond acceptors (Lipinski definition) is 5. The van der Waals surface area contributed by atoms with Crippen LogP contribution in [-0.4, -0.2) is 22.7 Å². The molecule has 1 aliphatic heterocycles. The summed E-state index contributed by atoms with van der Waals surface area (Å²) in [6.45, 7) is 0. The summed E-state index contributed by atoms with van der Waals surface area (Å²) in [6, 6.07) is 19.3. The van der Waals surface area contributed by atoms with Gasteiger partial charge in [-0.05, 0) is 72.8 Å². The topological polar surface area (TPSA) is 83.9 Å². The van der Waals surface area contributed by atoms with Gasteiger partial charge in [0.2, 0.25) is 0 Å². The molecule has 0 saturated carbocycles. The summed E-state index contributed by atoms with van der Waals surface area (Å²) < 4.78 is 5.76. The van der Waals surface area contributed by atoms with Gasteiger partial charge in [0.1, 0.15) is 17.2 Å². The SMILES string of the molecule is O=C(c1ccc(O)cc1)c1ccc(Oc2ccc(N3C(=O)C=CC3=O)cc2)cc1. The quantitative estimate of drug-likeness (QED) is 0.533. The van der Waals surface area contributed by atoms with Crippen molar-refractivity contribution in [3.8, 4) is 17.2 Å². The van der Waals surface area contributed by atoms with Crippen LogP contribution in [0.4, 0.5) is 5.69 Å². The predicted molar refractivity (Wildman–Crippen MR) is 106 cm³/mol. The van der Waals surface area contributed by atoms with E-state index in [0.29, 0.717) is 28.3 Å². The summed E-state index contributed by atoms with van der Waals surface area (Å²) in [5, 5.41) is 9.32. The Morgan fingerprint density at radius 1 is 0.690 bits per heavy atom. The summed E-state index contributed by atoms with van der Waals surface area (Å²) >= 11 is 0. The van der Waals surface area contributed by atoms with Crippen LogP contribution in [0.15, 0.2) is 84.9 Å². The molecule has 142 valence electrons. The summed E-state index contributed by atoms with van der Waals surface area (Å²) in [7, 11) is 0. The number of hydrogen-bond donors (Lipinski definition) is 1. The Morgan fingerprint density at radius 3 is 1.66 bits per heavy atom. The molecule has 1 heterocycles. The van der Waals surface area contributed by atoms with Crippen molar-refractivity contribution in [2.75, 3.05) is 4.90 Å². The van der Waals surface area contributed by atoms with Gasteiger partial charge in [0, 0.05) is 23.3 Å². The smallest absolute Gasteiger partial charge is 0.258 e. The maximum atomic E-state index is 12.5. The second kappa shape index (κ2) is 7.44. The van der Waals surface area contributed by atoms with Crippen molar-refractivity contribution in [2.45, 2.75) is 0 Å². The normalized spacial score (nSPS) is 13.0. The maximum Gasteiger partial charge on any atom is 0.258 e. The molecule has 3 aromatic carbocycles. The van der Waals surface area contributed by atoms with Crippen molar-refractivity contribution in [2.24, 2.45) is 0 Å². The van der Waals surface area contributed by atoms with E-state index in [9.17, 15) is 19.5 Å². The highest BCUT2D eigenvalue weighted by Crippen LogP contribution is 2.26. The minimum Gasteiger partial charge on any atom is -0.508 e. The number of phenols is 1. The second-order valence-corrected chi connectivity index (χ2v) is 6.34. The molecule has 29 heavy (non-hydrogen) atoms. The van der Waals surface area contributed by atoms with Crippen LogP contribution in [0.5, 0.6) is 17.2 Å². The molecule has 1 aliphatic rings. The molecule has 2 amide bonds. The van der Waals surface area contributed by atoms with Crippen molar-refractivity contribution in [1.82, 2.24) is 0 Å². The monoisotopic (exact) mass is 385 g/mol. The lowest BCUT2D eigenvalue weighted by atomic mass is 10.0. The summed E-state index contributed by atoms with van der Waals surface area (Å²) in [5.41, 5.74) is 1.44. The summed E-state index contributed by atoms with van der Waals surface area (Å²) in [6.07, 6.45) is 2.46. The van der Waals surface area contributed by atoms with E-state index < -0.39 is 0 Å². The zero-order valence-corrected chi connectivity index (χ0v) is 15.1. The van der Waals surface area contributed by atoms with Gasteiger partial charge in [-0.2, -0.15) is 0 Å². The fourth-order valence-electron chi connectivity index (χ4n) is 2.91. The number of ketones is 1. The molecule has 0 fully saturated rings. The van der Waals surface area contributed by atoms with E-state index in [4.69, 9.17) is 4.74 Å². The van der Waals surface area contributed by atoms with E-state index in [1.165, 1.54) is 24.3 Å². The molecule has 0 saturated heterocycles. The fourth-order valence-corrected chi connectivity index (χ4v) is 2.91. The van der Waals surface area contributed by atoms with Gasteiger partial charge >= 0.3 is 0 Å². The van der Waals surface area contributed by atoms with E-state index in [2.05, 4.69) is 0 Å². The van der Waals surface area contributed by atoms with Gasteiger partial charge in [0.25, 0.3) is 11.8 Å². The van der Waals surface area contributed by atoms with Crippen molar-refractivity contribution >= 4 is 23.3 Å². The van der Waals surface area contributed by atoms with E-state index in [1.54, 1.807) is 60.7 Å². The van der Waals surface area contributed by atoms with Crippen LogP contribution >= 0.6 is 0 Å². The molecule has 3 aromatic rings. The van der Waals surface area contributed by atoms with Gasteiger partial charge in [-0.3, -0.25) is 14.4 Å². The largest absolute Gasteiger partial charge is 0.508 e. The standard InChI is InChI=1S/C23H15NO5/c25-18-7-1-15(2-8-18)23(28)16-3-9-19(10-4-16)29-20-11-5-17(6-12-20)24-21(26)13-14-22(24)27/h1-14,25H. The third-order valence-corrected chi connectivity index (χ3v) is 4.39. The first-order valence-electron chi connectivity index (χ1n) is 8.79. The molecular formula is C23H15NO5. The Labute approximate surface area is 166 Å². The molecule has 0 spiro atoms. The van der Waals surface area contributed by atoms with Crippen LogP contribution in [0.25, 0.3) is 0 Å². The lowest BCUT2D eigenvalue weighted by molar-refractivity contribution is -0.119. The van der Waals surface area contributed by atoms with Gasteiger partial charge < -0.3 is 9.84 Å². The van der Waals surface area contributed by atoms with Crippen LogP contribution in [-0.2, 0) is 9.59 Å². The highest BCUT2D eigenvalue weighted by molar-refractivity contribution is 6.28. The van der Waals surface area contributed by atoms with Gasteiger partial charge in [-0.15, -0.1) is 0 Å². The number of anilines is 1. The minimum absolute atomic E-state index is 0.103. The molecule has 0 bridgehead atoms. The average molecular weight is 385 g/mol. The zero-order valence-electron chi connectivity index (χ0n) is 15.1. The molecule has 1 N–H and O–H groups in total. The average Bonchev–Trinajstić information content (AvgIpc) is 3.07. The third-order valence-electron chi connectivity index (χ3n) is 4.39. The van der Waals surface area contributed by atoms with Gasteiger partial charge in [0.05, 0.1) is 5.69 Å². The number of phenolic OH excluding ortho intramolecular Hbond substituents is 1. The summed E-state index contributed by atoms with van der Waals surface area (Å²) in [4.78, 5) is 37.0. The van der Waals surface area contributed by atoms with E-state index in [0.717, 1.165) is 4.90 Å². The Balaban J connectivity index is 1.45. The van der Waals surface area contributed by atoms with Gasteiger partial charge in [0.15, 0.2) is 5.78 Å². The Kier molecular flexibility index (Phi) is 4.66. The molecule has 0 radical (unpaired) electrons. The first-order valence-corrected chi connectivity index (χ1v) is 8.79. The van der Waals surface area contributed by atoms with Crippen molar-refractivity contribution in [1.29, 1.82) is 0 Å². The molecule has 6 heteroatoms. The van der Waals surface area contributed by atoms with E-state index >= 15 is 0 Å². The Bertz CT molecular complexity index is 1100. The first-order chi connectivity index (χ1) is 14.0. The predicted octanol–water partition coefficient (Wildman–Crippen LogP) is 3.84. The number of ether oxygens (including phenoxy) is 1.